The first-order valence-corrected chi connectivity index (χ1v) is 11.8. The number of carbonyl (C=O) groups excluding carboxylic acids is 2. The standard InChI is InChI=1S/C23H24N4O2S2/c1-5-27-21(29)18(12-19(28)25-20-14(3)10-13(2)11-15(20)4)31-23(27)26-22-24-16-8-6-7-9-17(16)30-22/h6-11,18H,5,12H2,1-4H3,(H,25,28)/b26-23+. The van der Waals surface area contributed by atoms with Gasteiger partial charge in [0, 0.05) is 18.7 Å². The third-order valence-corrected chi connectivity index (χ3v) is 7.23. The van der Waals surface area contributed by atoms with Crippen LogP contribution in [0.3, 0.4) is 0 Å². The van der Waals surface area contributed by atoms with Crippen LogP contribution in [-0.2, 0) is 9.59 Å². The molecule has 1 fully saturated rings. The highest BCUT2D eigenvalue weighted by Gasteiger charge is 2.38. The van der Waals surface area contributed by atoms with Gasteiger partial charge in [0.05, 0.1) is 10.2 Å². The molecule has 1 saturated heterocycles. The summed E-state index contributed by atoms with van der Waals surface area (Å²) in [6.07, 6.45) is 0.103. The van der Waals surface area contributed by atoms with Gasteiger partial charge in [-0.25, -0.2) is 4.98 Å². The van der Waals surface area contributed by atoms with Crippen molar-refractivity contribution < 1.29 is 9.59 Å². The number of nitrogens with one attached hydrogen (secondary N) is 1. The number of anilines is 1. The number of fused-ring (bicyclic) bond motifs is 1. The number of benzene rings is 2. The number of aromatic nitrogens is 1. The Morgan fingerprint density at radius 1 is 1.19 bits per heavy atom. The molecule has 0 saturated carbocycles. The molecular formula is C23H24N4O2S2. The van der Waals surface area contributed by atoms with E-state index in [2.05, 4.69) is 15.3 Å². The molecule has 31 heavy (non-hydrogen) atoms. The van der Waals surface area contributed by atoms with Crippen LogP contribution in [0.25, 0.3) is 10.2 Å². The molecule has 2 aromatic carbocycles. The van der Waals surface area contributed by atoms with E-state index in [4.69, 9.17) is 0 Å². The molecule has 3 aromatic rings. The van der Waals surface area contributed by atoms with Crippen LogP contribution in [0.15, 0.2) is 41.4 Å². The van der Waals surface area contributed by atoms with Crippen LogP contribution < -0.4 is 5.32 Å². The lowest BCUT2D eigenvalue weighted by molar-refractivity contribution is -0.128. The van der Waals surface area contributed by atoms with Gasteiger partial charge in [-0.05, 0) is 51.0 Å². The molecule has 0 aliphatic carbocycles. The Morgan fingerprint density at radius 2 is 1.90 bits per heavy atom. The topological polar surface area (TPSA) is 74.7 Å². The van der Waals surface area contributed by atoms with E-state index in [1.165, 1.54) is 23.1 Å². The number of rotatable bonds is 5. The van der Waals surface area contributed by atoms with Gasteiger partial charge in [0.25, 0.3) is 0 Å². The molecule has 1 atom stereocenters. The lowest BCUT2D eigenvalue weighted by atomic mass is 10.0. The van der Waals surface area contributed by atoms with E-state index in [0.717, 1.165) is 32.6 Å². The van der Waals surface area contributed by atoms with Crippen LogP contribution in [0.4, 0.5) is 10.8 Å². The average Bonchev–Trinajstić information content (AvgIpc) is 3.25. The van der Waals surface area contributed by atoms with Crippen molar-refractivity contribution in [2.24, 2.45) is 4.99 Å². The largest absolute Gasteiger partial charge is 0.326 e. The highest BCUT2D eigenvalue weighted by Crippen LogP contribution is 2.34. The lowest BCUT2D eigenvalue weighted by Gasteiger charge is -2.14. The zero-order chi connectivity index (χ0) is 22.1. The van der Waals surface area contributed by atoms with E-state index in [1.54, 1.807) is 4.90 Å². The van der Waals surface area contributed by atoms with Crippen LogP contribution in [0.5, 0.6) is 0 Å². The molecule has 4 rings (SSSR count). The number of carbonyl (C=O) groups is 2. The normalized spacial score (nSPS) is 17.7. The van der Waals surface area contributed by atoms with Gasteiger partial charge in [-0.15, -0.1) is 0 Å². The number of aryl methyl sites for hydroxylation is 3. The van der Waals surface area contributed by atoms with Crippen LogP contribution >= 0.6 is 23.1 Å². The summed E-state index contributed by atoms with van der Waals surface area (Å²) in [4.78, 5) is 36.5. The predicted octanol–water partition coefficient (Wildman–Crippen LogP) is 5.20. The summed E-state index contributed by atoms with van der Waals surface area (Å²) < 4.78 is 1.05. The molecule has 6 nitrogen and oxygen atoms in total. The highest BCUT2D eigenvalue weighted by molar-refractivity contribution is 8.15. The summed E-state index contributed by atoms with van der Waals surface area (Å²) >= 11 is 2.83. The smallest absolute Gasteiger partial charge is 0.242 e. The number of nitrogens with zero attached hydrogens (tertiary/aromatic N) is 3. The first-order chi connectivity index (χ1) is 14.9. The van der Waals surface area contributed by atoms with E-state index in [-0.39, 0.29) is 18.2 Å². The molecular weight excluding hydrogens is 428 g/mol. The molecule has 1 N–H and O–H groups in total. The van der Waals surface area contributed by atoms with Crippen molar-refractivity contribution >= 4 is 61.1 Å². The van der Waals surface area contributed by atoms with Crippen molar-refractivity contribution in [2.75, 3.05) is 11.9 Å². The van der Waals surface area contributed by atoms with Crippen molar-refractivity contribution in [3.63, 3.8) is 0 Å². The SMILES string of the molecule is CCN1C(=O)C(CC(=O)Nc2c(C)cc(C)cc2C)S/C1=N/c1nc2ccccc2s1. The van der Waals surface area contributed by atoms with Gasteiger partial charge in [-0.3, -0.25) is 14.5 Å². The molecule has 1 aliphatic rings. The number of para-hydroxylation sites is 1. The molecule has 0 radical (unpaired) electrons. The minimum absolute atomic E-state index is 0.0835. The Bertz CT molecular complexity index is 1150. The van der Waals surface area contributed by atoms with Gasteiger partial charge in [-0.2, -0.15) is 4.99 Å². The number of hydrogen-bond donors (Lipinski definition) is 1. The van der Waals surface area contributed by atoms with E-state index in [0.29, 0.717) is 16.8 Å². The van der Waals surface area contributed by atoms with Gasteiger partial charge in [0.2, 0.25) is 16.9 Å². The number of hydrogen-bond acceptors (Lipinski definition) is 6. The maximum Gasteiger partial charge on any atom is 0.242 e. The van der Waals surface area contributed by atoms with Crippen LogP contribution in [0.1, 0.15) is 30.0 Å². The molecule has 1 aliphatic heterocycles. The number of amides is 2. The Balaban J connectivity index is 1.51. The van der Waals surface area contributed by atoms with Crippen LogP contribution in [0.2, 0.25) is 0 Å². The second-order valence-corrected chi connectivity index (χ2v) is 9.75. The fourth-order valence-corrected chi connectivity index (χ4v) is 5.84. The maximum absolute atomic E-state index is 12.9. The van der Waals surface area contributed by atoms with Gasteiger partial charge in [0.1, 0.15) is 5.25 Å². The Hall–Kier alpha value is -2.71. The van der Waals surface area contributed by atoms with E-state index < -0.39 is 5.25 Å². The molecule has 160 valence electrons. The number of thioether (sulfide) groups is 1. The summed E-state index contributed by atoms with van der Waals surface area (Å²) in [7, 11) is 0. The van der Waals surface area contributed by atoms with Crippen molar-refractivity contribution in [1.82, 2.24) is 9.88 Å². The molecule has 1 unspecified atom stereocenters. The van der Waals surface area contributed by atoms with Crippen LogP contribution in [-0.4, -0.2) is 38.7 Å². The fourth-order valence-electron chi connectivity index (χ4n) is 3.74. The number of aliphatic imine (C=N–C) groups is 1. The Morgan fingerprint density at radius 3 is 2.58 bits per heavy atom. The minimum atomic E-state index is -0.487. The molecule has 2 amide bonds. The van der Waals surface area contributed by atoms with Gasteiger partial charge >= 0.3 is 0 Å². The Labute approximate surface area is 189 Å². The molecule has 0 spiro atoms. The highest BCUT2D eigenvalue weighted by atomic mass is 32.2. The molecule has 2 heterocycles. The second-order valence-electron chi connectivity index (χ2n) is 7.57. The molecule has 0 bridgehead atoms. The third-order valence-electron chi connectivity index (χ3n) is 5.12. The summed E-state index contributed by atoms with van der Waals surface area (Å²) in [6, 6.07) is 11.9. The van der Waals surface area contributed by atoms with Crippen molar-refractivity contribution in [3.8, 4) is 0 Å². The van der Waals surface area contributed by atoms with E-state index >= 15 is 0 Å². The summed E-state index contributed by atoms with van der Waals surface area (Å²) in [5.41, 5.74) is 4.91. The van der Waals surface area contributed by atoms with Crippen molar-refractivity contribution in [2.45, 2.75) is 39.4 Å². The first-order valence-electron chi connectivity index (χ1n) is 10.2. The van der Waals surface area contributed by atoms with Crippen LogP contribution in [0, 0.1) is 20.8 Å². The maximum atomic E-state index is 12.9. The van der Waals surface area contributed by atoms with Gasteiger partial charge in [-0.1, -0.05) is 52.9 Å². The third kappa shape index (κ3) is 4.50. The Kier molecular flexibility index (Phi) is 6.11. The van der Waals surface area contributed by atoms with E-state index in [9.17, 15) is 9.59 Å². The zero-order valence-electron chi connectivity index (χ0n) is 17.9. The van der Waals surface area contributed by atoms with Gasteiger partial charge in [0.15, 0.2) is 5.17 Å². The zero-order valence-corrected chi connectivity index (χ0v) is 19.6. The first kappa shape index (κ1) is 21.5. The summed E-state index contributed by atoms with van der Waals surface area (Å²) in [5, 5.41) is 3.73. The summed E-state index contributed by atoms with van der Waals surface area (Å²) in [6.45, 7) is 8.40. The van der Waals surface area contributed by atoms with E-state index in [1.807, 2.05) is 64.1 Å². The van der Waals surface area contributed by atoms with Crippen molar-refractivity contribution in [1.29, 1.82) is 0 Å². The van der Waals surface area contributed by atoms with Gasteiger partial charge < -0.3 is 5.32 Å². The molecule has 8 heteroatoms. The average molecular weight is 453 g/mol. The fraction of sp³-hybridized carbons (Fsp3) is 0.304. The lowest BCUT2D eigenvalue weighted by Crippen LogP contribution is -2.33. The molecule has 1 aromatic heterocycles. The second kappa shape index (κ2) is 8.80. The monoisotopic (exact) mass is 452 g/mol. The minimum Gasteiger partial charge on any atom is -0.326 e. The quantitative estimate of drug-likeness (QED) is 0.577. The number of thiazole rings is 1. The number of amidine groups is 1. The van der Waals surface area contributed by atoms with Crippen molar-refractivity contribution in [3.05, 3.63) is 53.1 Å². The summed E-state index contributed by atoms with van der Waals surface area (Å²) in [5.74, 6) is -0.252. The predicted molar refractivity (Wildman–Crippen MR) is 129 cm³/mol.